The van der Waals surface area contributed by atoms with Gasteiger partial charge in [-0.1, -0.05) is 60.7 Å². The van der Waals surface area contributed by atoms with Crippen molar-refractivity contribution in [2.24, 2.45) is 0 Å². The number of hydrogen-bond donors (Lipinski definition) is 2. The van der Waals surface area contributed by atoms with Gasteiger partial charge in [-0.05, 0) is 57.8 Å². The van der Waals surface area contributed by atoms with Gasteiger partial charge in [0, 0.05) is 18.5 Å². The Labute approximate surface area is 219 Å². The summed E-state index contributed by atoms with van der Waals surface area (Å²) in [7, 11) is 1.61. The van der Waals surface area contributed by atoms with Gasteiger partial charge in [0.25, 0.3) is 5.91 Å². The van der Waals surface area contributed by atoms with E-state index in [1.54, 1.807) is 26.2 Å². The number of benzene rings is 3. The molecule has 0 saturated heterocycles. The average Bonchev–Trinajstić information content (AvgIpc) is 3.38. The second-order valence-electron chi connectivity index (χ2n) is 8.75. The quantitative estimate of drug-likeness (QED) is 0.280. The normalized spacial score (nSPS) is 10.6. The number of nitrogens with one attached hydrogen (secondary N) is 1. The lowest BCUT2D eigenvalue weighted by molar-refractivity contribution is -0.136. The number of aliphatic carboxylic acids is 1. The molecule has 0 aliphatic rings. The minimum Gasteiger partial charge on any atom is -0.496 e. The average molecular weight is 514 g/mol. The molecule has 1 amide bonds. The Kier molecular flexibility index (Phi) is 8.15. The van der Waals surface area contributed by atoms with Gasteiger partial charge in [0.2, 0.25) is 0 Å². The molecule has 0 atom stereocenters. The maximum absolute atomic E-state index is 12.7. The molecule has 0 aliphatic carbocycles. The molecule has 1 aromatic heterocycles. The predicted molar refractivity (Wildman–Crippen MR) is 145 cm³/mol. The Morgan fingerprint density at radius 3 is 2.05 bits per heavy atom. The fourth-order valence-corrected chi connectivity index (χ4v) is 4.85. The summed E-state index contributed by atoms with van der Waals surface area (Å²) >= 11 is 1.39. The third-order valence-electron chi connectivity index (χ3n) is 5.93. The Morgan fingerprint density at radius 2 is 1.43 bits per heavy atom. The van der Waals surface area contributed by atoms with Gasteiger partial charge in [0.15, 0.2) is 0 Å². The molecule has 0 fully saturated rings. The summed E-state index contributed by atoms with van der Waals surface area (Å²) in [5.41, 5.74) is 6.49. The number of hydrogen-bond acceptors (Lipinski definition) is 5. The Balaban J connectivity index is 1.40. The number of methoxy groups -OCH3 is 1. The summed E-state index contributed by atoms with van der Waals surface area (Å²) in [5.74, 6) is -0.239. The van der Waals surface area contributed by atoms with Crippen LogP contribution in [0.3, 0.4) is 0 Å². The van der Waals surface area contributed by atoms with Crippen LogP contribution in [0.4, 0.5) is 0 Å². The highest BCUT2D eigenvalue weighted by Crippen LogP contribution is 2.31. The fraction of sp³-hybridized carbons (Fsp3) is 0.167. The van der Waals surface area contributed by atoms with Crippen molar-refractivity contribution in [3.8, 4) is 28.0 Å². The van der Waals surface area contributed by atoms with Gasteiger partial charge in [0.1, 0.15) is 11.5 Å². The number of amides is 1. The van der Waals surface area contributed by atoms with Crippen LogP contribution in [0.25, 0.3) is 22.3 Å². The molecule has 0 saturated carbocycles. The van der Waals surface area contributed by atoms with Crippen molar-refractivity contribution in [3.63, 3.8) is 0 Å². The first-order valence-corrected chi connectivity index (χ1v) is 12.6. The number of ketones is 1. The first-order valence-electron chi connectivity index (χ1n) is 11.8. The molecule has 6 nitrogen and oxygen atoms in total. The van der Waals surface area contributed by atoms with Crippen molar-refractivity contribution in [2.45, 2.75) is 26.3 Å². The second-order valence-corrected chi connectivity index (χ2v) is 9.66. The molecule has 0 aliphatic heterocycles. The molecular weight excluding hydrogens is 486 g/mol. The van der Waals surface area contributed by atoms with E-state index in [0.29, 0.717) is 23.6 Å². The van der Waals surface area contributed by atoms with E-state index in [9.17, 15) is 14.4 Å². The first-order chi connectivity index (χ1) is 17.8. The standard InChI is InChI=1S/C30H27NO5S/c1-19(32)13-25-12-11-24(15-27(25)36-2)22-7-9-23(10-8-22)26-16-28(37-18-26)30(35)31-17-21-5-3-20(4-6-21)14-29(33)34/h3-12,15-16,18H,13-14,17H2,1-2H3,(H,31,35)(H,33,34). The largest absolute Gasteiger partial charge is 0.496 e. The lowest BCUT2D eigenvalue weighted by atomic mass is 9.99. The van der Waals surface area contributed by atoms with Crippen molar-refractivity contribution in [1.29, 1.82) is 0 Å². The number of carbonyl (C=O) groups is 3. The van der Waals surface area contributed by atoms with E-state index in [4.69, 9.17) is 9.84 Å². The lowest BCUT2D eigenvalue weighted by Crippen LogP contribution is -2.21. The van der Waals surface area contributed by atoms with Gasteiger partial charge < -0.3 is 15.2 Å². The minimum absolute atomic E-state index is 0.0206. The Hall–Kier alpha value is -4.23. The molecule has 4 aromatic rings. The maximum atomic E-state index is 12.7. The zero-order chi connectivity index (χ0) is 26.4. The van der Waals surface area contributed by atoms with Gasteiger partial charge in [-0.15, -0.1) is 11.3 Å². The second kappa shape index (κ2) is 11.7. The van der Waals surface area contributed by atoms with E-state index >= 15 is 0 Å². The third kappa shape index (κ3) is 6.71. The molecule has 188 valence electrons. The highest BCUT2D eigenvalue weighted by Gasteiger charge is 2.12. The summed E-state index contributed by atoms with van der Waals surface area (Å²) < 4.78 is 5.48. The summed E-state index contributed by atoms with van der Waals surface area (Å²) in [6.45, 7) is 1.93. The van der Waals surface area contributed by atoms with E-state index in [1.165, 1.54) is 11.3 Å². The number of carboxylic acids is 1. The summed E-state index contributed by atoms with van der Waals surface area (Å²) in [6, 6.07) is 23.0. The number of carbonyl (C=O) groups excluding carboxylic acids is 2. The first kappa shape index (κ1) is 25.9. The summed E-state index contributed by atoms with van der Waals surface area (Å²) in [4.78, 5) is 35.6. The maximum Gasteiger partial charge on any atom is 0.307 e. The number of carboxylic acid groups (broad SMARTS) is 1. The van der Waals surface area contributed by atoms with Crippen LogP contribution in [-0.4, -0.2) is 29.9 Å². The van der Waals surface area contributed by atoms with Crippen molar-refractivity contribution in [1.82, 2.24) is 5.32 Å². The molecular formula is C30H27NO5S. The van der Waals surface area contributed by atoms with Crippen molar-refractivity contribution >= 4 is 29.0 Å². The molecule has 2 N–H and O–H groups in total. The lowest BCUT2D eigenvalue weighted by Gasteiger charge is -2.10. The fourth-order valence-electron chi connectivity index (χ4n) is 4.02. The molecule has 3 aromatic carbocycles. The van der Waals surface area contributed by atoms with Crippen LogP contribution >= 0.6 is 11.3 Å². The van der Waals surface area contributed by atoms with Crippen molar-refractivity contribution < 1.29 is 24.2 Å². The highest BCUT2D eigenvalue weighted by molar-refractivity contribution is 7.12. The Bertz CT molecular complexity index is 1420. The van der Waals surface area contributed by atoms with Gasteiger partial charge >= 0.3 is 5.97 Å². The van der Waals surface area contributed by atoms with Gasteiger partial charge in [-0.3, -0.25) is 14.4 Å². The number of Topliss-reactive ketones (excluding diaryl/α,β-unsaturated/α-hetero) is 1. The van der Waals surface area contributed by atoms with Crippen LogP contribution in [0.15, 0.2) is 78.2 Å². The van der Waals surface area contributed by atoms with Crippen LogP contribution in [-0.2, 0) is 29.0 Å². The van der Waals surface area contributed by atoms with Crippen LogP contribution in [0.5, 0.6) is 5.75 Å². The molecule has 0 spiro atoms. The smallest absolute Gasteiger partial charge is 0.307 e. The van der Waals surface area contributed by atoms with Crippen LogP contribution in [0.2, 0.25) is 0 Å². The van der Waals surface area contributed by atoms with Gasteiger partial charge in [-0.2, -0.15) is 0 Å². The number of thiophene rings is 1. The monoisotopic (exact) mass is 513 g/mol. The molecule has 7 heteroatoms. The number of ether oxygens (including phenoxy) is 1. The third-order valence-corrected chi connectivity index (χ3v) is 6.86. The van der Waals surface area contributed by atoms with Crippen molar-refractivity contribution in [3.05, 3.63) is 99.7 Å². The number of rotatable bonds is 10. The topological polar surface area (TPSA) is 92.7 Å². The minimum atomic E-state index is -0.871. The van der Waals surface area contributed by atoms with E-state index in [2.05, 4.69) is 5.32 Å². The van der Waals surface area contributed by atoms with Gasteiger partial charge in [0.05, 0.1) is 18.4 Å². The highest BCUT2D eigenvalue weighted by atomic mass is 32.1. The zero-order valence-electron chi connectivity index (χ0n) is 20.6. The molecule has 0 radical (unpaired) electrons. The predicted octanol–water partition coefficient (Wildman–Crippen LogP) is 5.78. The molecule has 0 bridgehead atoms. The van der Waals surface area contributed by atoms with E-state index in [0.717, 1.165) is 38.9 Å². The van der Waals surface area contributed by atoms with E-state index < -0.39 is 5.97 Å². The van der Waals surface area contributed by atoms with Crippen LogP contribution in [0, 0.1) is 0 Å². The summed E-state index contributed by atoms with van der Waals surface area (Å²) in [5, 5.41) is 13.8. The molecule has 0 unspecified atom stereocenters. The molecule has 4 rings (SSSR count). The van der Waals surface area contributed by atoms with E-state index in [1.807, 2.05) is 66.0 Å². The van der Waals surface area contributed by atoms with Gasteiger partial charge in [-0.25, -0.2) is 0 Å². The van der Waals surface area contributed by atoms with Crippen molar-refractivity contribution in [2.75, 3.05) is 7.11 Å². The summed E-state index contributed by atoms with van der Waals surface area (Å²) in [6.07, 6.45) is 0.322. The van der Waals surface area contributed by atoms with Crippen LogP contribution < -0.4 is 10.1 Å². The zero-order valence-corrected chi connectivity index (χ0v) is 21.4. The van der Waals surface area contributed by atoms with E-state index in [-0.39, 0.29) is 18.1 Å². The molecule has 37 heavy (non-hydrogen) atoms. The SMILES string of the molecule is COc1cc(-c2ccc(-c3csc(C(=O)NCc4ccc(CC(=O)O)cc4)c3)cc2)ccc1CC(C)=O. The van der Waals surface area contributed by atoms with Crippen LogP contribution in [0.1, 0.15) is 33.3 Å². The Morgan fingerprint density at radius 1 is 0.811 bits per heavy atom. The molecule has 1 heterocycles.